The average Bonchev–Trinajstić information content (AvgIpc) is 2.91. The van der Waals surface area contributed by atoms with E-state index < -0.39 is 26.6 Å². The number of nitrogens with zero attached hydrogens (tertiary/aromatic N) is 5. The minimum atomic E-state index is -0.514. The second kappa shape index (κ2) is 6.17. The lowest BCUT2D eigenvalue weighted by molar-refractivity contribution is 0.0205. The predicted molar refractivity (Wildman–Crippen MR) is 94.9 cm³/mol. The molecule has 1 amide bonds. The van der Waals surface area contributed by atoms with Crippen LogP contribution in [0.25, 0.3) is 0 Å². The number of ether oxygens (including phenoxy) is 1. The molecule has 1 aromatic heterocycles. The Labute approximate surface area is 145 Å². The summed E-state index contributed by atoms with van der Waals surface area (Å²) < 4.78 is 11.1. The van der Waals surface area contributed by atoms with Crippen molar-refractivity contribution < 1.29 is 9.53 Å². The number of aromatic nitrogens is 2. The number of nitrogens with two attached hydrogens (primary N) is 1. The van der Waals surface area contributed by atoms with Crippen molar-refractivity contribution in [1.82, 2.24) is 14.9 Å². The Morgan fingerprint density at radius 2 is 2.04 bits per heavy atom. The number of nitrogen functional groups attached to an aromatic ring is 1. The van der Waals surface area contributed by atoms with E-state index in [0.717, 1.165) is 22.2 Å². The highest BCUT2D eigenvalue weighted by Crippen LogP contribution is 2.38. The van der Waals surface area contributed by atoms with E-state index >= 15 is 0 Å². The van der Waals surface area contributed by atoms with Crippen LogP contribution in [0.1, 0.15) is 33.6 Å². The normalized spacial score (nSPS) is 18.6. The van der Waals surface area contributed by atoms with Gasteiger partial charge in [0.25, 0.3) is 0 Å². The Morgan fingerprint density at radius 3 is 2.70 bits per heavy atom. The molecule has 1 aromatic rings. The molecule has 2 aliphatic rings. The van der Waals surface area contributed by atoms with Crippen LogP contribution in [0.3, 0.4) is 0 Å². The highest BCUT2D eigenvalue weighted by Gasteiger charge is 2.33. The van der Waals surface area contributed by atoms with Gasteiger partial charge in [-0.1, -0.05) is 0 Å². The highest BCUT2D eigenvalue weighted by molar-refractivity contribution is 14.2. The maximum atomic E-state index is 12.1. The molecule has 0 atom stereocenters. The number of carbonyl (C=O) groups excluding carboxylic acids is 1. The van der Waals surface area contributed by atoms with E-state index in [-0.39, 0.29) is 12.1 Å². The molecule has 0 radical (unpaired) electrons. The van der Waals surface area contributed by atoms with Crippen molar-refractivity contribution in [3.8, 4) is 0 Å². The Bertz CT molecular complexity index is 637. The number of anilines is 2. The van der Waals surface area contributed by atoms with Crippen LogP contribution in [0.4, 0.5) is 16.4 Å². The third-order valence-electron chi connectivity index (χ3n) is 3.68. The number of likely N-dealkylation sites (tertiary alicyclic amines) is 1. The Hall–Kier alpha value is -1.52. The summed E-state index contributed by atoms with van der Waals surface area (Å²) in [5.41, 5.74) is 5.44. The molecule has 0 unspecified atom stereocenters. The summed E-state index contributed by atoms with van der Waals surface area (Å²) in [5, 5.41) is 1.99. The van der Waals surface area contributed by atoms with E-state index in [1.165, 1.54) is 6.33 Å². The molecule has 1 fully saturated rings. The number of carbonyl (C=O) groups is 1. The Kier molecular flexibility index (Phi) is 4.39. The van der Waals surface area contributed by atoms with Crippen LogP contribution < -0.4 is 10.7 Å². The van der Waals surface area contributed by atoms with Crippen LogP contribution in [0, 0.1) is 3.57 Å². The second-order valence-electron chi connectivity index (χ2n) is 6.60. The summed E-state index contributed by atoms with van der Waals surface area (Å²) in [7, 11) is 0. The van der Waals surface area contributed by atoms with E-state index in [1.807, 2.05) is 25.8 Å². The SMILES string of the molecule is CC(C)(C)OC(=O)N1CCC(N2N=Ic3c(N)ncnc32)CC1. The number of hydrogen-bond acceptors (Lipinski definition) is 7. The summed E-state index contributed by atoms with van der Waals surface area (Å²) in [5.74, 6) is 1.39. The van der Waals surface area contributed by atoms with E-state index in [4.69, 9.17) is 10.5 Å². The molecule has 9 heteroatoms. The summed E-state index contributed by atoms with van der Waals surface area (Å²) in [6, 6.07) is 0.254. The van der Waals surface area contributed by atoms with Gasteiger partial charge in [0, 0.05) is 13.1 Å². The van der Waals surface area contributed by atoms with Crippen molar-refractivity contribution in [2.75, 3.05) is 23.8 Å². The average molecular weight is 432 g/mol. The molecule has 126 valence electrons. The van der Waals surface area contributed by atoms with Gasteiger partial charge < -0.3 is 15.4 Å². The summed E-state index contributed by atoms with van der Waals surface area (Å²) in [4.78, 5) is 22.3. The molecular weight excluding hydrogens is 411 g/mol. The molecule has 0 spiro atoms. The van der Waals surface area contributed by atoms with Crippen molar-refractivity contribution in [2.24, 2.45) is 3.25 Å². The molecule has 1 saturated heterocycles. The zero-order valence-electron chi connectivity index (χ0n) is 13.5. The number of rotatable bonds is 1. The fourth-order valence-corrected chi connectivity index (χ4v) is 4.58. The molecule has 3 heterocycles. The monoisotopic (exact) mass is 432 g/mol. The van der Waals surface area contributed by atoms with Crippen molar-refractivity contribution in [1.29, 1.82) is 0 Å². The number of amides is 1. The van der Waals surface area contributed by atoms with Crippen LogP contribution in [-0.2, 0) is 4.74 Å². The molecule has 0 aromatic carbocycles. The Balaban J connectivity index is 1.62. The minimum absolute atomic E-state index is 0.242. The first-order valence-electron chi connectivity index (χ1n) is 7.58. The standard InChI is InChI=1S/C14H21IN6O2/c1-14(2,3)23-13(22)20-6-4-9(5-7-20)21-12-10(15-19-21)11(16)17-8-18-12/h8-9H,4-7H2,1-3H3,(H2,16,17,18). The molecule has 0 saturated carbocycles. The topological polar surface area (TPSA) is 96.9 Å². The smallest absolute Gasteiger partial charge is 0.410 e. The van der Waals surface area contributed by atoms with Crippen molar-refractivity contribution in [3.63, 3.8) is 0 Å². The maximum Gasteiger partial charge on any atom is 0.410 e. The summed E-state index contributed by atoms with van der Waals surface area (Å²) >= 11 is -0.514. The van der Waals surface area contributed by atoms with Gasteiger partial charge in [-0.15, -0.1) is 3.25 Å². The second-order valence-corrected chi connectivity index (χ2v) is 8.59. The van der Waals surface area contributed by atoms with Gasteiger partial charge >= 0.3 is 6.09 Å². The van der Waals surface area contributed by atoms with Gasteiger partial charge in [0.1, 0.15) is 21.3 Å². The van der Waals surface area contributed by atoms with Crippen LogP contribution in [-0.4, -0.2) is 45.7 Å². The predicted octanol–water partition coefficient (Wildman–Crippen LogP) is 2.52. The van der Waals surface area contributed by atoms with E-state index in [0.29, 0.717) is 18.9 Å². The zero-order chi connectivity index (χ0) is 16.6. The summed E-state index contributed by atoms with van der Waals surface area (Å²) in [6.07, 6.45) is 2.93. The first-order chi connectivity index (χ1) is 10.8. The number of piperidine rings is 1. The maximum absolute atomic E-state index is 12.1. The molecule has 23 heavy (non-hydrogen) atoms. The number of fused-ring (bicyclic) bond motifs is 1. The molecule has 0 bridgehead atoms. The molecule has 0 aliphatic carbocycles. The third-order valence-corrected chi connectivity index (χ3v) is 5.88. The fraction of sp³-hybridized carbons (Fsp3) is 0.643. The quantitative estimate of drug-likeness (QED) is 0.686. The van der Waals surface area contributed by atoms with Crippen LogP contribution in [0.5, 0.6) is 0 Å². The lowest BCUT2D eigenvalue weighted by Gasteiger charge is -2.36. The van der Waals surface area contributed by atoms with Gasteiger partial charge in [-0.2, -0.15) is 0 Å². The van der Waals surface area contributed by atoms with Gasteiger partial charge in [-0.25, -0.2) is 19.8 Å². The first kappa shape index (κ1) is 16.3. The fourth-order valence-electron chi connectivity index (χ4n) is 2.58. The van der Waals surface area contributed by atoms with Gasteiger partial charge in [-0.05, 0) is 33.6 Å². The van der Waals surface area contributed by atoms with Crippen LogP contribution in [0.2, 0.25) is 0 Å². The molecule has 2 N–H and O–H groups in total. The van der Waals surface area contributed by atoms with Gasteiger partial charge in [0.05, 0.1) is 27.1 Å². The van der Waals surface area contributed by atoms with Crippen molar-refractivity contribution in [2.45, 2.75) is 45.3 Å². The molecular formula is C14H21IN6O2. The van der Waals surface area contributed by atoms with Gasteiger partial charge in [0.15, 0.2) is 5.82 Å². The van der Waals surface area contributed by atoms with Gasteiger partial charge in [0.2, 0.25) is 0 Å². The van der Waals surface area contributed by atoms with Crippen LogP contribution >= 0.6 is 21.0 Å². The largest absolute Gasteiger partial charge is 0.444 e. The Morgan fingerprint density at radius 1 is 1.35 bits per heavy atom. The van der Waals surface area contributed by atoms with Gasteiger partial charge in [-0.3, -0.25) is 0 Å². The van der Waals surface area contributed by atoms with Crippen LogP contribution in [0.15, 0.2) is 9.58 Å². The highest BCUT2D eigenvalue weighted by atomic mass is 127. The molecule has 3 rings (SSSR count). The van der Waals surface area contributed by atoms with Crippen molar-refractivity contribution in [3.05, 3.63) is 9.90 Å². The van der Waals surface area contributed by atoms with Crippen molar-refractivity contribution >= 4 is 38.8 Å². The number of halogens is 1. The third kappa shape index (κ3) is 3.54. The van der Waals surface area contributed by atoms with E-state index in [1.54, 1.807) is 4.90 Å². The minimum Gasteiger partial charge on any atom is -0.444 e. The van der Waals surface area contributed by atoms with E-state index in [9.17, 15) is 4.79 Å². The zero-order valence-corrected chi connectivity index (χ0v) is 15.6. The first-order valence-corrected chi connectivity index (χ1v) is 9.62. The summed E-state index contributed by atoms with van der Waals surface area (Å²) in [6.45, 7) is 6.97. The molecule has 2 aliphatic heterocycles. The molecule has 8 nitrogen and oxygen atoms in total. The lowest BCUT2D eigenvalue weighted by atomic mass is 10.0. The van der Waals surface area contributed by atoms with E-state index in [2.05, 4.69) is 13.2 Å². The lowest BCUT2D eigenvalue weighted by Crippen LogP contribution is -2.46. The number of hydrogen-bond donors (Lipinski definition) is 1.